The zero-order chi connectivity index (χ0) is 14.5. The monoisotopic (exact) mass is 276 g/mol. The maximum Gasteiger partial charge on any atom is 0.226 e. The first-order valence-corrected chi connectivity index (χ1v) is 7.31. The standard InChI is InChI=1S/C14H24N6/c1-5-15-14-19-12-11(16-8-17-12)13(20-14)18-10(4)7-6-9(2)3/h8-10H,5-7H2,1-4H3,(H3,15,16,17,18,19,20). The van der Waals surface area contributed by atoms with Crippen LogP contribution in [0.1, 0.15) is 40.5 Å². The summed E-state index contributed by atoms with van der Waals surface area (Å²) in [4.78, 5) is 16.2. The zero-order valence-electron chi connectivity index (χ0n) is 12.7. The highest BCUT2D eigenvalue weighted by Gasteiger charge is 2.12. The van der Waals surface area contributed by atoms with Crippen LogP contribution in [0.3, 0.4) is 0 Å². The van der Waals surface area contributed by atoms with E-state index in [1.807, 2.05) is 6.92 Å². The molecule has 3 N–H and O–H groups in total. The number of nitrogens with zero attached hydrogens (tertiary/aromatic N) is 3. The summed E-state index contributed by atoms with van der Waals surface area (Å²) in [6.07, 6.45) is 3.97. The fraction of sp³-hybridized carbons (Fsp3) is 0.643. The molecule has 0 aromatic carbocycles. The van der Waals surface area contributed by atoms with E-state index in [2.05, 4.69) is 51.3 Å². The van der Waals surface area contributed by atoms with Crippen molar-refractivity contribution in [2.75, 3.05) is 17.2 Å². The van der Waals surface area contributed by atoms with Crippen LogP contribution in [0.4, 0.5) is 11.8 Å². The molecule has 1 unspecified atom stereocenters. The molecule has 6 heteroatoms. The Morgan fingerprint density at radius 2 is 2.00 bits per heavy atom. The van der Waals surface area contributed by atoms with E-state index < -0.39 is 0 Å². The van der Waals surface area contributed by atoms with E-state index in [0.29, 0.717) is 23.6 Å². The Kier molecular flexibility index (Phi) is 4.76. The van der Waals surface area contributed by atoms with Gasteiger partial charge in [-0.3, -0.25) is 0 Å². The van der Waals surface area contributed by atoms with Crippen molar-refractivity contribution >= 4 is 22.9 Å². The number of imidazole rings is 1. The number of fused-ring (bicyclic) bond motifs is 1. The Balaban J connectivity index is 2.16. The van der Waals surface area contributed by atoms with Gasteiger partial charge in [0.1, 0.15) is 5.52 Å². The molecule has 2 heterocycles. The Morgan fingerprint density at radius 3 is 2.70 bits per heavy atom. The lowest BCUT2D eigenvalue weighted by molar-refractivity contribution is 0.527. The molecule has 0 saturated heterocycles. The predicted octanol–water partition coefficient (Wildman–Crippen LogP) is 3.02. The molecule has 110 valence electrons. The summed E-state index contributed by atoms with van der Waals surface area (Å²) in [5, 5.41) is 6.60. The maximum atomic E-state index is 4.53. The van der Waals surface area contributed by atoms with E-state index in [9.17, 15) is 0 Å². The number of H-pyrrole nitrogens is 1. The molecule has 20 heavy (non-hydrogen) atoms. The summed E-state index contributed by atoms with van der Waals surface area (Å²) in [5.41, 5.74) is 1.55. The average molecular weight is 276 g/mol. The molecule has 6 nitrogen and oxygen atoms in total. The molecule has 2 rings (SSSR count). The van der Waals surface area contributed by atoms with Crippen molar-refractivity contribution in [3.63, 3.8) is 0 Å². The van der Waals surface area contributed by atoms with Gasteiger partial charge in [-0.1, -0.05) is 13.8 Å². The van der Waals surface area contributed by atoms with E-state index in [1.165, 1.54) is 6.42 Å². The molecule has 0 fully saturated rings. The van der Waals surface area contributed by atoms with Gasteiger partial charge < -0.3 is 15.6 Å². The quantitative estimate of drug-likeness (QED) is 0.724. The number of hydrogen-bond donors (Lipinski definition) is 3. The third-order valence-corrected chi connectivity index (χ3v) is 3.18. The molecular weight excluding hydrogens is 252 g/mol. The van der Waals surface area contributed by atoms with Gasteiger partial charge in [-0.2, -0.15) is 9.97 Å². The predicted molar refractivity (Wildman–Crippen MR) is 83.0 cm³/mol. The third kappa shape index (κ3) is 3.59. The SMILES string of the molecule is CCNc1nc(NC(C)CCC(C)C)c2[nH]cnc2n1. The van der Waals surface area contributed by atoms with Crippen LogP contribution >= 0.6 is 0 Å². The number of hydrogen-bond acceptors (Lipinski definition) is 5. The van der Waals surface area contributed by atoms with E-state index >= 15 is 0 Å². The molecule has 2 aromatic heterocycles. The Hall–Kier alpha value is -1.85. The van der Waals surface area contributed by atoms with Crippen LogP contribution in [-0.4, -0.2) is 32.5 Å². The smallest absolute Gasteiger partial charge is 0.226 e. The van der Waals surface area contributed by atoms with E-state index in [-0.39, 0.29) is 0 Å². The van der Waals surface area contributed by atoms with Crippen LogP contribution in [0.2, 0.25) is 0 Å². The summed E-state index contributed by atoms with van der Waals surface area (Å²) in [5.74, 6) is 2.15. The van der Waals surface area contributed by atoms with Gasteiger partial charge in [-0.25, -0.2) is 4.98 Å². The fourth-order valence-corrected chi connectivity index (χ4v) is 2.06. The van der Waals surface area contributed by atoms with Crippen molar-refractivity contribution in [1.82, 2.24) is 19.9 Å². The first kappa shape index (κ1) is 14.6. The number of aromatic amines is 1. The highest BCUT2D eigenvalue weighted by atomic mass is 15.2. The molecule has 0 saturated carbocycles. The summed E-state index contributed by atoms with van der Waals surface area (Å²) in [7, 11) is 0. The highest BCUT2D eigenvalue weighted by Crippen LogP contribution is 2.20. The van der Waals surface area contributed by atoms with E-state index in [0.717, 1.165) is 24.3 Å². The lowest BCUT2D eigenvalue weighted by atomic mass is 10.0. The van der Waals surface area contributed by atoms with Crippen molar-refractivity contribution in [3.8, 4) is 0 Å². The first-order chi connectivity index (χ1) is 9.60. The lowest BCUT2D eigenvalue weighted by Gasteiger charge is -2.16. The van der Waals surface area contributed by atoms with E-state index in [4.69, 9.17) is 0 Å². The second-order valence-electron chi connectivity index (χ2n) is 5.54. The molecule has 0 amide bonds. The Bertz CT molecular complexity index is 548. The molecule has 0 aliphatic carbocycles. The van der Waals surface area contributed by atoms with Crippen LogP contribution in [0.25, 0.3) is 11.2 Å². The largest absolute Gasteiger partial charge is 0.366 e. The molecule has 1 atom stereocenters. The van der Waals surface area contributed by atoms with Crippen molar-refractivity contribution in [3.05, 3.63) is 6.33 Å². The normalized spacial score (nSPS) is 12.8. The summed E-state index contributed by atoms with van der Waals surface area (Å²) in [6, 6.07) is 0.369. The highest BCUT2D eigenvalue weighted by molar-refractivity contribution is 5.83. The fourth-order valence-electron chi connectivity index (χ4n) is 2.06. The van der Waals surface area contributed by atoms with Crippen LogP contribution in [0.15, 0.2) is 6.33 Å². The minimum absolute atomic E-state index is 0.369. The number of anilines is 2. The van der Waals surface area contributed by atoms with Gasteiger partial charge in [-0.05, 0) is 32.6 Å². The van der Waals surface area contributed by atoms with Crippen molar-refractivity contribution in [2.45, 2.75) is 46.6 Å². The second-order valence-corrected chi connectivity index (χ2v) is 5.54. The molecule has 0 bridgehead atoms. The number of rotatable bonds is 7. The van der Waals surface area contributed by atoms with Crippen molar-refractivity contribution in [2.24, 2.45) is 5.92 Å². The topological polar surface area (TPSA) is 78.5 Å². The van der Waals surface area contributed by atoms with Gasteiger partial charge >= 0.3 is 0 Å². The molecule has 0 radical (unpaired) electrons. The summed E-state index contributed by atoms with van der Waals surface area (Å²) >= 11 is 0. The minimum Gasteiger partial charge on any atom is -0.366 e. The molecular formula is C14H24N6. The van der Waals surface area contributed by atoms with Crippen LogP contribution in [-0.2, 0) is 0 Å². The zero-order valence-corrected chi connectivity index (χ0v) is 12.7. The number of aromatic nitrogens is 4. The number of nitrogens with one attached hydrogen (secondary N) is 3. The first-order valence-electron chi connectivity index (χ1n) is 7.31. The maximum absolute atomic E-state index is 4.53. The van der Waals surface area contributed by atoms with Crippen molar-refractivity contribution < 1.29 is 0 Å². The molecule has 0 aliphatic heterocycles. The molecule has 0 spiro atoms. The van der Waals surface area contributed by atoms with Crippen LogP contribution in [0.5, 0.6) is 0 Å². The van der Waals surface area contributed by atoms with Gasteiger partial charge in [0.25, 0.3) is 0 Å². The van der Waals surface area contributed by atoms with Crippen molar-refractivity contribution in [1.29, 1.82) is 0 Å². The third-order valence-electron chi connectivity index (χ3n) is 3.18. The van der Waals surface area contributed by atoms with Gasteiger partial charge in [0.05, 0.1) is 6.33 Å². The summed E-state index contributed by atoms with van der Waals surface area (Å²) in [6.45, 7) is 9.48. The van der Waals surface area contributed by atoms with Gasteiger partial charge in [-0.15, -0.1) is 0 Å². The van der Waals surface area contributed by atoms with Crippen LogP contribution in [0, 0.1) is 5.92 Å². The van der Waals surface area contributed by atoms with E-state index in [1.54, 1.807) is 6.33 Å². The van der Waals surface area contributed by atoms with Crippen LogP contribution < -0.4 is 10.6 Å². The lowest BCUT2D eigenvalue weighted by Crippen LogP contribution is -2.18. The molecule has 2 aromatic rings. The summed E-state index contributed by atoms with van der Waals surface area (Å²) < 4.78 is 0. The molecule has 0 aliphatic rings. The van der Waals surface area contributed by atoms with Gasteiger partial charge in [0.2, 0.25) is 5.95 Å². The minimum atomic E-state index is 0.369. The van der Waals surface area contributed by atoms with Gasteiger partial charge in [0.15, 0.2) is 11.5 Å². The second kappa shape index (κ2) is 6.54. The average Bonchev–Trinajstić information content (AvgIpc) is 2.85. The Labute approximate surface area is 119 Å². The Morgan fingerprint density at radius 1 is 1.20 bits per heavy atom. The van der Waals surface area contributed by atoms with Gasteiger partial charge in [0, 0.05) is 12.6 Å².